The zero-order valence-corrected chi connectivity index (χ0v) is 14.9. The van der Waals surface area contributed by atoms with Gasteiger partial charge in [-0.25, -0.2) is 0 Å². The monoisotopic (exact) mass is 263 g/mol. The maximum atomic E-state index is 9.09. The first-order valence-electron chi connectivity index (χ1n) is 4.46. The zero-order chi connectivity index (χ0) is 9.80. The van der Waals surface area contributed by atoms with Crippen molar-refractivity contribution in [2.75, 3.05) is 5.32 Å². The summed E-state index contributed by atoms with van der Waals surface area (Å²) in [4.78, 5) is 0. The summed E-state index contributed by atoms with van der Waals surface area (Å²) in [7, 11) is 0. The fourth-order valence-electron chi connectivity index (χ4n) is 1.23. The molecule has 0 aliphatic carbocycles. The summed E-state index contributed by atoms with van der Waals surface area (Å²) in [6.07, 6.45) is 0. The van der Waals surface area contributed by atoms with Crippen LogP contribution in [0.2, 0.25) is 0 Å². The smallest absolute Gasteiger partial charge is 1.00 e. The van der Waals surface area contributed by atoms with Crippen LogP contribution in [-0.2, 0) is 13.5 Å². The molecule has 0 amide bonds. The molecule has 0 atom stereocenters. The van der Waals surface area contributed by atoms with Gasteiger partial charge in [-0.1, -0.05) is 18.2 Å². The third-order valence-electron chi connectivity index (χ3n) is 1.93. The second-order valence-electron chi connectivity index (χ2n) is 3.04. The Morgan fingerprint density at radius 3 is 1.71 bits per heavy atom. The van der Waals surface area contributed by atoms with Crippen LogP contribution in [0.1, 0.15) is 0 Å². The van der Waals surface area contributed by atoms with Gasteiger partial charge in [0.2, 0.25) is 0 Å². The standard InChI is InChI=1S/C12H11NO.2Na.S/c14-12-8-6-11(7-9-12)13-10-4-2-1-3-5-10;;;/h1-9,13-14H;;;/q;2*+1;-2. The summed E-state index contributed by atoms with van der Waals surface area (Å²) in [6, 6.07) is 16.9. The van der Waals surface area contributed by atoms with Gasteiger partial charge >= 0.3 is 59.1 Å². The molecule has 0 saturated carbocycles. The van der Waals surface area contributed by atoms with Gasteiger partial charge in [0.25, 0.3) is 0 Å². The predicted molar refractivity (Wildman–Crippen MR) is 65.2 cm³/mol. The van der Waals surface area contributed by atoms with Gasteiger partial charge in [0, 0.05) is 11.4 Å². The largest absolute Gasteiger partial charge is 2.00 e. The minimum absolute atomic E-state index is 0. The molecule has 0 aliphatic rings. The van der Waals surface area contributed by atoms with Crippen LogP contribution in [0.4, 0.5) is 11.4 Å². The van der Waals surface area contributed by atoms with Gasteiger partial charge in [0.15, 0.2) is 0 Å². The van der Waals surface area contributed by atoms with Gasteiger partial charge in [-0.05, 0) is 36.4 Å². The average Bonchev–Trinajstić information content (AvgIpc) is 2.23. The molecule has 0 aliphatic heterocycles. The van der Waals surface area contributed by atoms with Crippen molar-refractivity contribution in [1.29, 1.82) is 0 Å². The van der Waals surface area contributed by atoms with Crippen molar-refractivity contribution in [3.8, 4) is 5.75 Å². The Balaban J connectivity index is 0. The van der Waals surface area contributed by atoms with Crippen molar-refractivity contribution in [2.45, 2.75) is 0 Å². The number of hydrogen-bond donors (Lipinski definition) is 2. The number of phenols is 1. The van der Waals surface area contributed by atoms with Gasteiger partial charge in [0.05, 0.1) is 0 Å². The van der Waals surface area contributed by atoms with E-state index in [1.807, 2.05) is 42.5 Å². The second kappa shape index (κ2) is 10.3. The molecule has 0 unspecified atom stereocenters. The fraction of sp³-hybridized carbons (Fsp3) is 0. The zero-order valence-electron chi connectivity index (χ0n) is 10.1. The summed E-state index contributed by atoms with van der Waals surface area (Å²) in [5.41, 5.74) is 2.01. The van der Waals surface area contributed by atoms with Crippen LogP contribution < -0.4 is 64.4 Å². The summed E-state index contributed by atoms with van der Waals surface area (Å²) in [5.74, 6) is 0.281. The number of nitrogens with one attached hydrogen (secondary N) is 1. The summed E-state index contributed by atoms with van der Waals surface area (Å²) in [6.45, 7) is 0. The van der Waals surface area contributed by atoms with E-state index in [0.29, 0.717) is 0 Å². The molecule has 17 heavy (non-hydrogen) atoms. The van der Waals surface area contributed by atoms with Crippen LogP contribution in [0.15, 0.2) is 54.6 Å². The number of para-hydroxylation sites is 1. The number of hydrogen-bond acceptors (Lipinski definition) is 2. The minimum atomic E-state index is 0. The third-order valence-corrected chi connectivity index (χ3v) is 1.93. The topological polar surface area (TPSA) is 32.3 Å². The molecule has 2 aromatic carbocycles. The van der Waals surface area contributed by atoms with E-state index in [0.717, 1.165) is 11.4 Å². The quantitative estimate of drug-likeness (QED) is 0.451. The fourth-order valence-corrected chi connectivity index (χ4v) is 1.23. The Kier molecular flexibility index (Phi) is 12.0. The number of phenolic OH excluding ortho intramolecular Hbond substituents is 1. The number of aromatic hydroxyl groups is 1. The van der Waals surface area contributed by atoms with Crippen molar-refractivity contribution in [3.05, 3.63) is 54.6 Å². The van der Waals surface area contributed by atoms with E-state index in [1.54, 1.807) is 12.1 Å². The van der Waals surface area contributed by atoms with E-state index >= 15 is 0 Å². The van der Waals surface area contributed by atoms with Crippen LogP contribution in [0.25, 0.3) is 0 Å². The first-order valence-corrected chi connectivity index (χ1v) is 4.46. The molecule has 0 radical (unpaired) electrons. The molecular formula is C12H11NNa2OS. The van der Waals surface area contributed by atoms with Crippen LogP contribution in [-0.4, -0.2) is 5.11 Å². The van der Waals surface area contributed by atoms with E-state index in [9.17, 15) is 0 Å². The van der Waals surface area contributed by atoms with Gasteiger partial charge in [-0.2, -0.15) is 0 Å². The number of anilines is 2. The Labute approximate surface area is 153 Å². The Morgan fingerprint density at radius 1 is 0.706 bits per heavy atom. The second-order valence-corrected chi connectivity index (χ2v) is 3.04. The molecule has 0 fully saturated rings. The molecular weight excluding hydrogens is 252 g/mol. The van der Waals surface area contributed by atoms with Crippen LogP contribution >= 0.6 is 0 Å². The molecule has 2 aromatic rings. The third kappa shape index (κ3) is 6.77. The van der Waals surface area contributed by atoms with Crippen molar-refractivity contribution >= 4 is 24.9 Å². The molecule has 0 spiro atoms. The van der Waals surface area contributed by atoms with Crippen molar-refractivity contribution in [3.63, 3.8) is 0 Å². The van der Waals surface area contributed by atoms with Crippen LogP contribution in [0.5, 0.6) is 5.75 Å². The SMILES string of the molecule is Oc1ccc(Nc2ccccc2)cc1.[Na+].[Na+].[S-2]. The summed E-state index contributed by atoms with van der Waals surface area (Å²) >= 11 is 0. The van der Waals surface area contributed by atoms with Crippen molar-refractivity contribution in [1.82, 2.24) is 0 Å². The maximum absolute atomic E-state index is 9.09. The normalized spacial score (nSPS) is 8.00. The maximum Gasteiger partial charge on any atom is 1.00 e. The van der Waals surface area contributed by atoms with Gasteiger partial charge in [-0.3, -0.25) is 0 Å². The molecule has 0 saturated heterocycles. The molecule has 0 aromatic heterocycles. The molecule has 2 N–H and O–H groups in total. The van der Waals surface area contributed by atoms with Crippen LogP contribution in [0.3, 0.4) is 0 Å². The Bertz CT molecular complexity index is 409. The van der Waals surface area contributed by atoms with E-state index in [1.165, 1.54) is 0 Å². The molecule has 0 heterocycles. The van der Waals surface area contributed by atoms with Crippen molar-refractivity contribution < 1.29 is 64.2 Å². The number of benzene rings is 2. The Hall–Kier alpha value is 0.390. The van der Waals surface area contributed by atoms with E-state index < -0.39 is 0 Å². The molecule has 2 nitrogen and oxygen atoms in total. The van der Waals surface area contributed by atoms with Crippen LogP contribution in [0, 0.1) is 0 Å². The first-order chi connectivity index (χ1) is 6.84. The van der Waals surface area contributed by atoms with Gasteiger partial charge in [0.1, 0.15) is 5.75 Å². The van der Waals surface area contributed by atoms with E-state index in [4.69, 9.17) is 5.11 Å². The molecule has 0 bridgehead atoms. The van der Waals surface area contributed by atoms with E-state index in [2.05, 4.69) is 5.32 Å². The van der Waals surface area contributed by atoms with Gasteiger partial charge < -0.3 is 23.9 Å². The predicted octanol–water partition coefficient (Wildman–Crippen LogP) is -2.86. The first kappa shape index (κ1) is 19.7. The summed E-state index contributed by atoms with van der Waals surface area (Å²) < 4.78 is 0. The average molecular weight is 263 g/mol. The Morgan fingerprint density at radius 2 is 1.18 bits per heavy atom. The summed E-state index contributed by atoms with van der Waals surface area (Å²) in [5, 5.41) is 12.3. The minimum Gasteiger partial charge on any atom is -2.00 e. The molecule has 78 valence electrons. The molecule has 2 rings (SSSR count). The van der Waals surface area contributed by atoms with Gasteiger partial charge in [-0.15, -0.1) is 0 Å². The molecule has 5 heteroatoms. The van der Waals surface area contributed by atoms with E-state index in [-0.39, 0.29) is 78.4 Å². The number of rotatable bonds is 2. The van der Waals surface area contributed by atoms with Crippen molar-refractivity contribution in [2.24, 2.45) is 0 Å².